The van der Waals surface area contributed by atoms with Gasteiger partial charge in [-0.3, -0.25) is 9.40 Å². The molecule has 1 heterocycles. The van der Waals surface area contributed by atoms with E-state index in [0.29, 0.717) is 6.07 Å². The lowest BCUT2D eigenvalue weighted by Crippen LogP contribution is -2.14. The van der Waals surface area contributed by atoms with Crippen molar-refractivity contribution >= 4 is 15.7 Å². The predicted octanol–water partition coefficient (Wildman–Crippen LogP) is 1.09. The Balaban J connectivity index is 2.31. The smallest absolute Gasteiger partial charge is 0.265 e. The summed E-state index contributed by atoms with van der Waals surface area (Å²) in [5.74, 6) is -4.83. The zero-order chi connectivity index (χ0) is 15.6. The molecule has 0 aliphatic heterocycles. The third kappa shape index (κ3) is 3.16. The molecular formula is C11H10F3N3O3S. The first kappa shape index (κ1) is 15.3. The SMILES string of the molecule is O=S(=O)(Nc1ccc(F)c(F)c1F)c1cnn(CCO)c1. The van der Waals surface area contributed by atoms with Crippen LogP contribution in [0.3, 0.4) is 0 Å². The number of sulfonamides is 1. The number of rotatable bonds is 5. The van der Waals surface area contributed by atoms with Crippen molar-refractivity contribution < 1.29 is 26.7 Å². The summed E-state index contributed by atoms with van der Waals surface area (Å²) in [5.41, 5.74) is -0.719. The fourth-order valence-corrected chi connectivity index (χ4v) is 2.53. The molecular weight excluding hydrogens is 311 g/mol. The Labute approximate surface area is 117 Å². The van der Waals surface area contributed by atoms with Crippen molar-refractivity contribution in [2.24, 2.45) is 0 Å². The highest BCUT2D eigenvalue weighted by Gasteiger charge is 2.21. The second kappa shape index (κ2) is 5.74. The van der Waals surface area contributed by atoms with Gasteiger partial charge in [-0.25, -0.2) is 21.6 Å². The lowest BCUT2D eigenvalue weighted by atomic mass is 10.3. The van der Waals surface area contributed by atoms with Gasteiger partial charge >= 0.3 is 0 Å². The molecule has 0 radical (unpaired) electrons. The maximum atomic E-state index is 13.4. The Kier molecular flexibility index (Phi) is 4.19. The number of benzene rings is 1. The van der Waals surface area contributed by atoms with Crippen LogP contribution in [0.5, 0.6) is 0 Å². The van der Waals surface area contributed by atoms with E-state index in [2.05, 4.69) is 5.10 Å². The molecule has 0 bridgehead atoms. The van der Waals surface area contributed by atoms with Crippen molar-refractivity contribution in [1.29, 1.82) is 0 Å². The van der Waals surface area contributed by atoms with Crippen LogP contribution in [-0.4, -0.2) is 29.9 Å². The summed E-state index contributed by atoms with van der Waals surface area (Å²) in [6.45, 7) is -0.165. The van der Waals surface area contributed by atoms with Crippen LogP contribution in [0.1, 0.15) is 0 Å². The molecule has 0 fully saturated rings. The number of hydrogen-bond acceptors (Lipinski definition) is 4. The van der Waals surface area contributed by atoms with Crippen LogP contribution in [0, 0.1) is 17.5 Å². The highest BCUT2D eigenvalue weighted by atomic mass is 32.2. The lowest BCUT2D eigenvalue weighted by molar-refractivity contribution is 0.269. The Morgan fingerprint density at radius 3 is 2.62 bits per heavy atom. The highest BCUT2D eigenvalue weighted by Crippen LogP contribution is 2.22. The van der Waals surface area contributed by atoms with E-state index in [1.54, 1.807) is 4.72 Å². The molecule has 1 aromatic heterocycles. The van der Waals surface area contributed by atoms with Crippen LogP contribution in [-0.2, 0) is 16.6 Å². The molecule has 0 atom stereocenters. The number of nitrogens with zero attached hydrogens (tertiary/aromatic N) is 2. The van der Waals surface area contributed by atoms with Gasteiger partial charge in [0.2, 0.25) is 0 Å². The van der Waals surface area contributed by atoms with Gasteiger partial charge in [0.15, 0.2) is 17.5 Å². The zero-order valence-electron chi connectivity index (χ0n) is 10.4. The molecule has 6 nitrogen and oxygen atoms in total. The molecule has 0 aliphatic rings. The molecule has 0 saturated carbocycles. The minimum absolute atomic E-state index is 0.0784. The number of hydrogen-bond donors (Lipinski definition) is 2. The summed E-state index contributed by atoms with van der Waals surface area (Å²) in [6, 6.07) is 1.37. The maximum absolute atomic E-state index is 13.4. The summed E-state index contributed by atoms with van der Waals surface area (Å²) in [4.78, 5) is -0.305. The van der Waals surface area contributed by atoms with Crippen molar-refractivity contribution in [3.63, 3.8) is 0 Å². The summed E-state index contributed by atoms with van der Waals surface area (Å²) < 4.78 is 66.1. The van der Waals surface area contributed by atoms with E-state index in [1.165, 1.54) is 0 Å². The van der Waals surface area contributed by atoms with Crippen molar-refractivity contribution in [2.45, 2.75) is 11.4 Å². The number of nitrogens with one attached hydrogen (secondary N) is 1. The molecule has 0 aliphatic carbocycles. The molecule has 1 aromatic carbocycles. The van der Waals surface area contributed by atoms with E-state index in [-0.39, 0.29) is 18.0 Å². The average Bonchev–Trinajstić information content (AvgIpc) is 2.89. The fraction of sp³-hybridized carbons (Fsp3) is 0.182. The summed E-state index contributed by atoms with van der Waals surface area (Å²) in [6.07, 6.45) is 2.09. The van der Waals surface area contributed by atoms with Gasteiger partial charge in [0, 0.05) is 6.20 Å². The van der Waals surface area contributed by atoms with Gasteiger partial charge in [-0.15, -0.1) is 0 Å². The molecule has 2 N–H and O–H groups in total. The molecule has 2 aromatic rings. The van der Waals surface area contributed by atoms with Crippen LogP contribution in [0.2, 0.25) is 0 Å². The number of anilines is 1. The monoisotopic (exact) mass is 321 g/mol. The van der Waals surface area contributed by atoms with Crippen molar-refractivity contribution in [3.05, 3.63) is 42.0 Å². The first-order chi connectivity index (χ1) is 9.85. The molecule has 10 heteroatoms. The third-order valence-corrected chi connectivity index (χ3v) is 3.85. The predicted molar refractivity (Wildman–Crippen MR) is 66.4 cm³/mol. The highest BCUT2D eigenvalue weighted by molar-refractivity contribution is 7.92. The lowest BCUT2D eigenvalue weighted by Gasteiger charge is -2.08. The van der Waals surface area contributed by atoms with E-state index in [0.717, 1.165) is 23.1 Å². The minimum Gasteiger partial charge on any atom is -0.394 e. The van der Waals surface area contributed by atoms with E-state index >= 15 is 0 Å². The first-order valence-electron chi connectivity index (χ1n) is 5.65. The Bertz CT molecular complexity index is 761. The maximum Gasteiger partial charge on any atom is 0.265 e. The summed E-state index contributed by atoms with van der Waals surface area (Å²) in [5, 5.41) is 12.4. The number of halogens is 3. The standard InChI is InChI=1S/C11H10F3N3O3S/c12-8-1-2-9(11(14)10(8)13)16-21(19,20)7-5-15-17(6-7)3-4-18/h1-2,5-6,16,18H,3-4H2. The second-order valence-electron chi connectivity index (χ2n) is 3.99. The van der Waals surface area contributed by atoms with Crippen molar-refractivity contribution in [1.82, 2.24) is 9.78 Å². The summed E-state index contributed by atoms with van der Waals surface area (Å²) >= 11 is 0. The molecule has 114 valence electrons. The van der Waals surface area contributed by atoms with Crippen molar-refractivity contribution in [3.8, 4) is 0 Å². The van der Waals surface area contributed by atoms with Crippen molar-refractivity contribution in [2.75, 3.05) is 11.3 Å². The Morgan fingerprint density at radius 2 is 1.95 bits per heavy atom. The van der Waals surface area contributed by atoms with Crippen LogP contribution < -0.4 is 4.72 Å². The van der Waals surface area contributed by atoms with E-state index in [9.17, 15) is 21.6 Å². The molecule has 0 spiro atoms. The Morgan fingerprint density at radius 1 is 1.24 bits per heavy atom. The summed E-state index contributed by atoms with van der Waals surface area (Å²) in [7, 11) is -4.21. The van der Waals surface area contributed by atoms with E-state index in [1.807, 2.05) is 0 Å². The van der Waals surface area contributed by atoms with Gasteiger partial charge in [-0.2, -0.15) is 5.10 Å². The number of aliphatic hydroxyl groups excluding tert-OH is 1. The van der Waals surface area contributed by atoms with Crippen LogP contribution >= 0.6 is 0 Å². The third-order valence-electron chi connectivity index (χ3n) is 2.53. The molecule has 21 heavy (non-hydrogen) atoms. The van der Waals surface area contributed by atoms with Gasteiger partial charge < -0.3 is 5.11 Å². The van der Waals surface area contributed by atoms with Crippen LogP contribution in [0.4, 0.5) is 18.9 Å². The van der Waals surface area contributed by atoms with Crippen LogP contribution in [0.25, 0.3) is 0 Å². The minimum atomic E-state index is -4.21. The van der Waals surface area contributed by atoms with Crippen LogP contribution in [0.15, 0.2) is 29.4 Å². The van der Waals surface area contributed by atoms with Gasteiger partial charge in [0.1, 0.15) is 4.90 Å². The fourth-order valence-electron chi connectivity index (χ4n) is 1.52. The number of aromatic nitrogens is 2. The topological polar surface area (TPSA) is 84.2 Å². The Hall–Kier alpha value is -2.07. The molecule has 0 unspecified atom stereocenters. The first-order valence-corrected chi connectivity index (χ1v) is 7.13. The van der Waals surface area contributed by atoms with Gasteiger partial charge in [-0.05, 0) is 12.1 Å². The quantitative estimate of drug-likeness (QED) is 0.808. The average molecular weight is 321 g/mol. The zero-order valence-corrected chi connectivity index (χ0v) is 11.2. The second-order valence-corrected chi connectivity index (χ2v) is 5.67. The van der Waals surface area contributed by atoms with Gasteiger partial charge in [0.25, 0.3) is 10.0 Å². The van der Waals surface area contributed by atoms with E-state index < -0.39 is 33.2 Å². The number of aliphatic hydroxyl groups is 1. The van der Waals surface area contributed by atoms with Gasteiger partial charge in [0.05, 0.1) is 25.0 Å². The van der Waals surface area contributed by atoms with E-state index in [4.69, 9.17) is 5.11 Å². The normalized spacial score (nSPS) is 11.6. The molecule has 2 rings (SSSR count). The molecule has 0 saturated heterocycles. The largest absolute Gasteiger partial charge is 0.394 e. The molecule has 0 amide bonds. The van der Waals surface area contributed by atoms with Gasteiger partial charge in [-0.1, -0.05) is 0 Å².